The number of ether oxygens (including phenoxy) is 1. The summed E-state index contributed by atoms with van der Waals surface area (Å²) in [6.07, 6.45) is 0.278. The minimum Gasteiger partial charge on any atom is -0.497 e. The highest BCUT2D eigenvalue weighted by Crippen LogP contribution is 2.33. The number of hydrogen-bond acceptors (Lipinski definition) is 3. The number of aryl methyl sites for hydroxylation is 2. The molecule has 2 N–H and O–H groups in total. The maximum atomic E-state index is 12.4. The molecule has 0 spiro atoms. The highest BCUT2D eigenvalue weighted by molar-refractivity contribution is 5.93. The van der Waals surface area contributed by atoms with Gasteiger partial charge in [-0.05, 0) is 43.2 Å². The Morgan fingerprint density at radius 2 is 1.93 bits per heavy atom. The second-order valence-electron chi connectivity index (χ2n) is 6.97. The van der Waals surface area contributed by atoms with Gasteiger partial charge in [-0.15, -0.1) is 0 Å². The predicted octanol–water partition coefficient (Wildman–Crippen LogP) is 4.55. The number of amides is 1. The van der Waals surface area contributed by atoms with Gasteiger partial charge >= 0.3 is 0 Å². The third kappa shape index (κ3) is 3.61. The fraction of sp³-hybridized carbons (Fsp3) is 0.217. The zero-order chi connectivity index (χ0) is 20.4. The molecule has 0 aliphatic carbocycles. The van der Waals surface area contributed by atoms with Crippen molar-refractivity contribution in [3.8, 4) is 17.1 Å². The Morgan fingerprint density at radius 3 is 2.66 bits per heavy atom. The first-order valence-corrected chi connectivity index (χ1v) is 9.67. The third-order valence-electron chi connectivity index (χ3n) is 5.16. The van der Waals surface area contributed by atoms with Crippen molar-refractivity contribution in [3.63, 3.8) is 0 Å². The van der Waals surface area contributed by atoms with Crippen molar-refractivity contribution < 1.29 is 9.53 Å². The van der Waals surface area contributed by atoms with E-state index >= 15 is 0 Å². The van der Waals surface area contributed by atoms with Gasteiger partial charge in [0.25, 0.3) is 0 Å². The quantitative estimate of drug-likeness (QED) is 0.509. The molecule has 4 rings (SSSR count). The SMILES string of the molecule is CCn1c(-c2cc(NC(=O)Cc3ccc(OC)cc3)n[nH]2)c(C)c2ccccc21. The van der Waals surface area contributed by atoms with Crippen LogP contribution in [0, 0.1) is 6.92 Å². The Hall–Kier alpha value is -3.54. The van der Waals surface area contributed by atoms with E-state index in [1.165, 1.54) is 16.5 Å². The summed E-state index contributed by atoms with van der Waals surface area (Å²) in [4.78, 5) is 12.4. The molecule has 2 heterocycles. The van der Waals surface area contributed by atoms with Gasteiger partial charge in [-0.2, -0.15) is 5.10 Å². The molecule has 0 saturated heterocycles. The van der Waals surface area contributed by atoms with Crippen LogP contribution in [0.25, 0.3) is 22.3 Å². The van der Waals surface area contributed by atoms with Crippen molar-refractivity contribution in [1.29, 1.82) is 0 Å². The van der Waals surface area contributed by atoms with Crippen LogP contribution in [-0.2, 0) is 17.8 Å². The van der Waals surface area contributed by atoms with Crippen molar-refractivity contribution in [2.24, 2.45) is 0 Å². The van der Waals surface area contributed by atoms with Crippen molar-refractivity contribution in [3.05, 3.63) is 65.7 Å². The van der Waals surface area contributed by atoms with Gasteiger partial charge in [0.1, 0.15) is 5.75 Å². The largest absolute Gasteiger partial charge is 0.497 e. The topological polar surface area (TPSA) is 71.9 Å². The molecule has 29 heavy (non-hydrogen) atoms. The lowest BCUT2D eigenvalue weighted by atomic mass is 10.1. The Morgan fingerprint density at radius 1 is 1.17 bits per heavy atom. The lowest BCUT2D eigenvalue weighted by Crippen LogP contribution is -2.14. The standard InChI is InChI=1S/C23H24N4O2/c1-4-27-20-8-6-5-7-18(20)15(2)23(27)19-14-21(26-25-19)24-22(28)13-16-9-11-17(29-3)12-10-16/h5-12,14H,4,13H2,1-3H3,(H2,24,25,26,28). The van der Waals surface area contributed by atoms with Crippen LogP contribution in [0.4, 0.5) is 5.82 Å². The first-order valence-electron chi connectivity index (χ1n) is 9.67. The smallest absolute Gasteiger partial charge is 0.229 e. The maximum absolute atomic E-state index is 12.4. The number of nitrogens with one attached hydrogen (secondary N) is 2. The number of carbonyl (C=O) groups excluding carboxylic acids is 1. The van der Waals surface area contributed by atoms with E-state index in [9.17, 15) is 4.79 Å². The first kappa shape index (κ1) is 18.8. The molecule has 0 radical (unpaired) electrons. The molecule has 2 aromatic heterocycles. The summed E-state index contributed by atoms with van der Waals surface area (Å²) < 4.78 is 7.41. The number of H-pyrrole nitrogens is 1. The normalized spacial score (nSPS) is 11.0. The monoisotopic (exact) mass is 388 g/mol. The molecule has 0 atom stereocenters. The van der Waals surface area contributed by atoms with E-state index < -0.39 is 0 Å². The van der Waals surface area contributed by atoms with E-state index in [4.69, 9.17) is 4.74 Å². The molecule has 6 nitrogen and oxygen atoms in total. The number of anilines is 1. The molecule has 0 aliphatic heterocycles. The summed E-state index contributed by atoms with van der Waals surface area (Å²) in [5.41, 5.74) is 5.29. The molecule has 0 saturated carbocycles. The average molecular weight is 388 g/mol. The molecule has 0 fully saturated rings. The summed E-state index contributed by atoms with van der Waals surface area (Å²) in [5.74, 6) is 1.18. The van der Waals surface area contributed by atoms with Crippen LogP contribution in [0.3, 0.4) is 0 Å². The molecule has 0 bridgehead atoms. The van der Waals surface area contributed by atoms with Crippen molar-refractivity contribution in [1.82, 2.24) is 14.8 Å². The number of nitrogens with zero attached hydrogens (tertiary/aromatic N) is 2. The van der Waals surface area contributed by atoms with Crippen molar-refractivity contribution in [2.45, 2.75) is 26.8 Å². The number of aromatic nitrogens is 3. The Labute approximate surface area is 169 Å². The fourth-order valence-electron chi connectivity index (χ4n) is 3.78. The fourth-order valence-corrected chi connectivity index (χ4v) is 3.78. The molecule has 0 aliphatic rings. The van der Waals surface area contributed by atoms with Crippen LogP contribution in [0.2, 0.25) is 0 Å². The zero-order valence-electron chi connectivity index (χ0n) is 16.8. The molecule has 0 unspecified atom stereocenters. The Balaban J connectivity index is 1.55. The van der Waals surface area contributed by atoms with Gasteiger partial charge in [0.15, 0.2) is 5.82 Å². The number of benzene rings is 2. The first-order chi connectivity index (χ1) is 14.1. The van der Waals surface area contributed by atoms with Gasteiger partial charge in [-0.25, -0.2) is 0 Å². The van der Waals surface area contributed by atoms with Gasteiger partial charge in [0, 0.05) is 23.5 Å². The number of aromatic amines is 1. The van der Waals surface area contributed by atoms with Crippen LogP contribution in [0.1, 0.15) is 18.1 Å². The highest BCUT2D eigenvalue weighted by Gasteiger charge is 2.17. The Bertz CT molecular complexity index is 1160. The molecule has 1 amide bonds. The van der Waals surface area contributed by atoms with Gasteiger partial charge in [-0.3, -0.25) is 9.89 Å². The van der Waals surface area contributed by atoms with Crippen molar-refractivity contribution >= 4 is 22.6 Å². The Kier molecular flexibility index (Phi) is 5.08. The second-order valence-corrected chi connectivity index (χ2v) is 6.97. The number of rotatable bonds is 6. The van der Waals surface area contributed by atoms with Gasteiger partial charge in [-0.1, -0.05) is 30.3 Å². The number of hydrogen-bond donors (Lipinski definition) is 2. The van der Waals surface area contributed by atoms with Crippen LogP contribution < -0.4 is 10.1 Å². The van der Waals surface area contributed by atoms with Crippen LogP contribution in [-0.4, -0.2) is 27.8 Å². The lowest BCUT2D eigenvalue weighted by Gasteiger charge is -2.06. The summed E-state index contributed by atoms with van der Waals surface area (Å²) in [6, 6.07) is 17.7. The van der Waals surface area contributed by atoms with E-state index in [0.717, 1.165) is 29.2 Å². The second kappa shape index (κ2) is 7.83. The number of para-hydroxylation sites is 1. The molecular weight excluding hydrogens is 364 g/mol. The average Bonchev–Trinajstić information content (AvgIpc) is 3.30. The van der Waals surface area contributed by atoms with Gasteiger partial charge in [0.05, 0.1) is 24.9 Å². The molecule has 4 aromatic rings. The predicted molar refractivity (Wildman–Crippen MR) is 115 cm³/mol. The maximum Gasteiger partial charge on any atom is 0.229 e. The van der Waals surface area contributed by atoms with Crippen LogP contribution >= 0.6 is 0 Å². The lowest BCUT2D eigenvalue weighted by molar-refractivity contribution is -0.115. The minimum atomic E-state index is -0.110. The summed E-state index contributed by atoms with van der Waals surface area (Å²) in [5, 5.41) is 11.5. The molecular formula is C23H24N4O2. The molecule has 6 heteroatoms. The van der Waals surface area contributed by atoms with E-state index in [1.807, 2.05) is 30.3 Å². The number of methoxy groups -OCH3 is 1. The van der Waals surface area contributed by atoms with E-state index in [1.54, 1.807) is 7.11 Å². The van der Waals surface area contributed by atoms with Crippen molar-refractivity contribution in [2.75, 3.05) is 12.4 Å². The molecule has 148 valence electrons. The summed E-state index contributed by atoms with van der Waals surface area (Å²) in [7, 11) is 1.62. The minimum absolute atomic E-state index is 0.110. The van der Waals surface area contributed by atoms with Crippen LogP contribution in [0.5, 0.6) is 5.75 Å². The zero-order valence-corrected chi connectivity index (χ0v) is 16.8. The van der Waals surface area contributed by atoms with Gasteiger partial charge < -0.3 is 14.6 Å². The van der Waals surface area contributed by atoms with E-state index in [2.05, 4.69) is 58.2 Å². The van der Waals surface area contributed by atoms with Crippen LogP contribution in [0.15, 0.2) is 54.6 Å². The summed E-state index contributed by atoms with van der Waals surface area (Å²) >= 11 is 0. The number of fused-ring (bicyclic) bond motifs is 1. The number of carbonyl (C=O) groups is 1. The third-order valence-corrected chi connectivity index (χ3v) is 5.16. The highest BCUT2D eigenvalue weighted by atomic mass is 16.5. The van der Waals surface area contributed by atoms with E-state index in [0.29, 0.717) is 5.82 Å². The molecule has 2 aromatic carbocycles. The van der Waals surface area contributed by atoms with Gasteiger partial charge in [0.2, 0.25) is 5.91 Å². The van der Waals surface area contributed by atoms with E-state index in [-0.39, 0.29) is 12.3 Å². The summed E-state index contributed by atoms with van der Waals surface area (Å²) in [6.45, 7) is 5.09.